The number of benzene rings is 1. The van der Waals surface area contributed by atoms with Gasteiger partial charge in [0.1, 0.15) is 0 Å². The molecule has 6 nitrogen and oxygen atoms in total. The lowest BCUT2D eigenvalue weighted by molar-refractivity contribution is -0.111. The van der Waals surface area contributed by atoms with Crippen molar-refractivity contribution in [1.29, 1.82) is 0 Å². The molecule has 0 radical (unpaired) electrons. The Balaban J connectivity index is 1.60. The highest BCUT2D eigenvalue weighted by Crippen LogP contribution is 2.24. The molecule has 1 N–H and O–H groups in total. The Bertz CT molecular complexity index is 787. The number of nitrogens with zero attached hydrogens (tertiary/aromatic N) is 4. The fraction of sp³-hybridized carbons (Fsp3) is 0.400. The topological polar surface area (TPSA) is 53.4 Å². The number of aryl methyl sites for hydroxylation is 2. The highest BCUT2D eigenvalue weighted by Gasteiger charge is 2.17. The SMILES string of the molecule is CCN1CCN(c2ccc(NC(=O)C=Cc3cnn(C)c3)cc2C)CC1. The van der Waals surface area contributed by atoms with Crippen molar-refractivity contribution >= 4 is 23.4 Å². The Morgan fingerprint density at radius 3 is 2.65 bits per heavy atom. The maximum Gasteiger partial charge on any atom is 0.248 e. The van der Waals surface area contributed by atoms with Crippen molar-refractivity contribution in [2.24, 2.45) is 7.05 Å². The summed E-state index contributed by atoms with van der Waals surface area (Å²) in [6, 6.07) is 6.12. The number of carbonyl (C=O) groups excluding carboxylic acids is 1. The van der Waals surface area contributed by atoms with E-state index in [1.54, 1.807) is 17.0 Å². The van der Waals surface area contributed by atoms with Crippen LogP contribution in [0.25, 0.3) is 6.08 Å². The van der Waals surface area contributed by atoms with Crippen molar-refractivity contribution in [3.63, 3.8) is 0 Å². The van der Waals surface area contributed by atoms with Crippen LogP contribution >= 0.6 is 0 Å². The maximum atomic E-state index is 12.1. The summed E-state index contributed by atoms with van der Waals surface area (Å²) in [5.74, 6) is -0.141. The highest BCUT2D eigenvalue weighted by molar-refractivity contribution is 6.02. The third-order valence-electron chi connectivity index (χ3n) is 4.78. The predicted molar refractivity (Wildman–Crippen MR) is 106 cm³/mol. The van der Waals surface area contributed by atoms with Gasteiger partial charge in [-0.15, -0.1) is 0 Å². The van der Waals surface area contributed by atoms with Crippen LogP contribution in [0.3, 0.4) is 0 Å². The molecule has 26 heavy (non-hydrogen) atoms. The lowest BCUT2D eigenvalue weighted by Crippen LogP contribution is -2.46. The van der Waals surface area contributed by atoms with Crippen molar-refractivity contribution in [3.05, 3.63) is 47.8 Å². The Labute approximate surface area is 155 Å². The van der Waals surface area contributed by atoms with Crippen molar-refractivity contribution in [2.75, 3.05) is 42.9 Å². The minimum atomic E-state index is -0.141. The highest BCUT2D eigenvalue weighted by atomic mass is 16.1. The molecule has 1 fully saturated rings. The van der Waals surface area contributed by atoms with Gasteiger partial charge in [-0.25, -0.2) is 0 Å². The molecule has 2 heterocycles. The first-order valence-corrected chi connectivity index (χ1v) is 9.11. The van der Waals surface area contributed by atoms with Crippen molar-refractivity contribution in [2.45, 2.75) is 13.8 Å². The Morgan fingerprint density at radius 1 is 1.27 bits per heavy atom. The van der Waals surface area contributed by atoms with E-state index >= 15 is 0 Å². The van der Waals surface area contributed by atoms with Gasteiger partial charge in [-0.1, -0.05) is 6.92 Å². The summed E-state index contributed by atoms with van der Waals surface area (Å²) in [4.78, 5) is 17.0. The van der Waals surface area contributed by atoms with Crippen LogP contribution in [-0.4, -0.2) is 53.3 Å². The van der Waals surface area contributed by atoms with Gasteiger partial charge in [-0.05, 0) is 43.3 Å². The number of hydrogen-bond donors (Lipinski definition) is 1. The standard InChI is InChI=1S/C20H27N5O/c1-4-24-9-11-25(12-10-24)19-7-6-18(13-16(19)2)22-20(26)8-5-17-14-21-23(3)15-17/h5-8,13-15H,4,9-12H2,1-3H3,(H,22,26). The molecule has 1 amide bonds. The largest absolute Gasteiger partial charge is 0.369 e. The molecule has 0 spiro atoms. The first kappa shape index (κ1) is 18.2. The summed E-state index contributed by atoms with van der Waals surface area (Å²) in [6.45, 7) is 9.73. The van der Waals surface area contributed by atoms with Gasteiger partial charge in [0.2, 0.25) is 5.91 Å². The lowest BCUT2D eigenvalue weighted by Gasteiger charge is -2.36. The van der Waals surface area contributed by atoms with Gasteiger partial charge in [0, 0.05) is 62.4 Å². The molecule has 0 aliphatic carbocycles. The van der Waals surface area contributed by atoms with Crippen LogP contribution in [0.2, 0.25) is 0 Å². The molecule has 6 heteroatoms. The summed E-state index contributed by atoms with van der Waals surface area (Å²) in [6.07, 6.45) is 6.88. The fourth-order valence-corrected chi connectivity index (χ4v) is 3.28. The number of aromatic nitrogens is 2. The normalized spacial score (nSPS) is 15.6. The van der Waals surface area contributed by atoms with Gasteiger partial charge >= 0.3 is 0 Å². The molecule has 1 aromatic carbocycles. The number of carbonyl (C=O) groups is 1. The van der Waals surface area contributed by atoms with Crippen molar-refractivity contribution in [3.8, 4) is 0 Å². The third-order valence-corrected chi connectivity index (χ3v) is 4.78. The monoisotopic (exact) mass is 353 g/mol. The molecule has 0 bridgehead atoms. The number of nitrogens with one attached hydrogen (secondary N) is 1. The number of rotatable bonds is 5. The Kier molecular flexibility index (Phi) is 5.73. The van der Waals surface area contributed by atoms with E-state index in [1.807, 2.05) is 25.4 Å². The third kappa shape index (κ3) is 4.52. The zero-order valence-electron chi connectivity index (χ0n) is 15.8. The average Bonchev–Trinajstić information content (AvgIpc) is 3.06. The van der Waals surface area contributed by atoms with Crippen molar-refractivity contribution in [1.82, 2.24) is 14.7 Å². The molecule has 1 aliphatic heterocycles. The number of piperazine rings is 1. The second-order valence-corrected chi connectivity index (χ2v) is 6.69. The maximum absolute atomic E-state index is 12.1. The van der Waals surface area contributed by atoms with E-state index in [0.29, 0.717) is 0 Å². The number of anilines is 2. The van der Waals surface area contributed by atoms with Gasteiger partial charge < -0.3 is 15.1 Å². The number of amides is 1. The lowest BCUT2D eigenvalue weighted by atomic mass is 10.1. The average molecular weight is 353 g/mol. The van der Waals surface area contributed by atoms with Crippen molar-refractivity contribution < 1.29 is 4.79 Å². The van der Waals surface area contributed by atoms with Crippen LogP contribution in [0, 0.1) is 6.92 Å². The van der Waals surface area contributed by atoms with E-state index < -0.39 is 0 Å². The molecule has 0 saturated carbocycles. The van der Waals surface area contributed by atoms with Crippen LogP contribution in [0.1, 0.15) is 18.1 Å². The van der Waals surface area contributed by atoms with E-state index in [1.165, 1.54) is 17.3 Å². The van der Waals surface area contributed by atoms with E-state index in [2.05, 4.69) is 40.1 Å². The van der Waals surface area contributed by atoms with E-state index in [-0.39, 0.29) is 5.91 Å². The molecule has 1 aliphatic rings. The molecular weight excluding hydrogens is 326 g/mol. The van der Waals surface area contributed by atoms with E-state index in [9.17, 15) is 4.79 Å². The molecule has 1 aromatic heterocycles. The predicted octanol–water partition coefficient (Wildman–Crippen LogP) is 2.52. The van der Waals surface area contributed by atoms with E-state index in [4.69, 9.17) is 0 Å². The minimum absolute atomic E-state index is 0.141. The van der Waals surface area contributed by atoms with Crippen LogP contribution in [0.5, 0.6) is 0 Å². The summed E-state index contributed by atoms with van der Waals surface area (Å²) in [7, 11) is 1.85. The summed E-state index contributed by atoms with van der Waals surface area (Å²) in [5.41, 5.74) is 4.16. The van der Waals surface area contributed by atoms with Crippen LogP contribution in [0.4, 0.5) is 11.4 Å². The van der Waals surface area contributed by atoms with E-state index in [0.717, 1.165) is 44.0 Å². The molecule has 138 valence electrons. The zero-order valence-corrected chi connectivity index (χ0v) is 15.8. The molecule has 0 atom stereocenters. The minimum Gasteiger partial charge on any atom is -0.369 e. The van der Waals surface area contributed by atoms with Gasteiger partial charge in [-0.2, -0.15) is 5.10 Å². The number of likely N-dealkylation sites (N-methyl/N-ethyl adjacent to an activating group) is 1. The molecule has 2 aromatic rings. The fourth-order valence-electron chi connectivity index (χ4n) is 3.28. The van der Waals surface area contributed by atoms with Crippen LogP contribution < -0.4 is 10.2 Å². The van der Waals surface area contributed by atoms with Gasteiger partial charge in [0.25, 0.3) is 0 Å². The number of hydrogen-bond acceptors (Lipinski definition) is 4. The van der Waals surface area contributed by atoms with Gasteiger partial charge in [-0.3, -0.25) is 9.48 Å². The van der Waals surface area contributed by atoms with Gasteiger partial charge in [0.15, 0.2) is 0 Å². The van der Waals surface area contributed by atoms with Crippen LogP contribution in [0.15, 0.2) is 36.7 Å². The second kappa shape index (κ2) is 8.19. The Hall–Kier alpha value is -2.60. The molecule has 3 rings (SSSR count). The summed E-state index contributed by atoms with van der Waals surface area (Å²) < 4.78 is 1.71. The first-order chi connectivity index (χ1) is 12.5. The Morgan fingerprint density at radius 2 is 2.04 bits per heavy atom. The molecule has 1 saturated heterocycles. The first-order valence-electron chi connectivity index (χ1n) is 9.11. The zero-order chi connectivity index (χ0) is 18.5. The smallest absolute Gasteiger partial charge is 0.248 e. The molecular formula is C20H27N5O. The second-order valence-electron chi connectivity index (χ2n) is 6.69. The quantitative estimate of drug-likeness (QED) is 0.840. The summed E-state index contributed by atoms with van der Waals surface area (Å²) in [5, 5.41) is 7.01. The summed E-state index contributed by atoms with van der Waals surface area (Å²) >= 11 is 0. The van der Waals surface area contributed by atoms with Crippen LogP contribution in [-0.2, 0) is 11.8 Å². The van der Waals surface area contributed by atoms with Gasteiger partial charge in [0.05, 0.1) is 6.20 Å². The molecule has 0 unspecified atom stereocenters.